The van der Waals surface area contributed by atoms with E-state index in [1.807, 2.05) is 25.9 Å². The minimum absolute atomic E-state index is 0.00295. The zero-order valence-electron chi connectivity index (χ0n) is 17.1. The number of alkyl halides is 2. The van der Waals surface area contributed by atoms with Crippen LogP contribution in [0.4, 0.5) is 8.78 Å². The Bertz CT molecular complexity index is 641. The van der Waals surface area contributed by atoms with Crippen LogP contribution in [0.1, 0.15) is 31.5 Å². The lowest BCUT2D eigenvalue weighted by atomic mass is 10.2. The third kappa shape index (κ3) is 8.26. The maximum Gasteiger partial charge on any atom is 0.324 e. The lowest BCUT2D eigenvalue weighted by Crippen LogP contribution is -2.41. The largest absolute Gasteiger partial charge is 0.347 e. The van der Waals surface area contributed by atoms with Gasteiger partial charge < -0.3 is 20.4 Å². The molecule has 28 heavy (non-hydrogen) atoms. The SMILES string of the molecule is CCN(CCN(C)C)C(=O)CNCc1cc(CNC(=O)C(F)(F)CC)ccn1. The first-order valence-electron chi connectivity index (χ1n) is 9.42. The Labute approximate surface area is 165 Å². The van der Waals surface area contributed by atoms with Gasteiger partial charge in [-0.1, -0.05) is 6.92 Å². The summed E-state index contributed by atoms with van der Waals surface area (Å²) in [4.78, 5) is 31.7. The molecule has 0 aromatic carbocycles. The number of carbonyl (C=O) groups excluding carboxylic acids is 2. The second kappa shape index (κ2) is 11.7. The van der Waals surface area contributed by atoms with Gasteiger partial charge in [0.1, 0.15) is 0 Å². The normalized spacial score (nSPS) is 11.5. The molecule has 0 aliphatic carbocycles. The number of aromatic nitrogens is 1. The quantitative estimate of drug-likeness (QED) is 0.553. The summed E-state index contributed by atoms with van der Waals surface area (Å²) in [6.45, 7) is 5.86. The van der Waals surface area contributed by atoms with Gasteiger partial charge >= 0.3 is 5.92 Å². The lowest BCUT2D eigenvalue weighted by molar-refractivity contribution is -0.146. The van der Waals surface area contributed by atoms with Crippen molar-refractivity contribution in [2.24, 2.45) is 0 Å². The van der Waals surface area contributed by atoms with Crippen molar-refractivity contribution < 1.29 is 18.4 Å². The molecular formula is C19H31F2N5O2. The van der Waals surface area contributed by atoms with E-state index in [1.165, 1.54) is 6.92 Å². The molecule has 2 amide bonds. The van der Waals surface area contributed by atoms with E-state index in [1.54, 1.807) is 23.2 Å². The van der Waals surface area contributed by atoms with Crippen LogP contribution >= 0.6 is 0 Å². The molecule has 0 fully saturated rings. The molecule has 0 unspecified atom stereocenters. The van der Waals surface area contributed by atoms with Gasteiger partial charge in [0.05, 0.1) is 12.2 Å². The van der Waals surface area contributed by atoms with Crippen molar-refractivity contribution in [3.8, 4) is 0 Å². The maximum absolute atomic E-state index is 13.3. The molecule has 0 saturated heterocycles. The lowest BCUT2D eigenvalue weighted by Gasteiger charge is -2.23. The highest BCUT2D eigenvalue weighted by molar-refractivity contribution is 5.83. The Kier molecular flexibility index (Phi) is 9.95. The highest BCUT2D eigenvalue weighted by Crippen LogP contribution is 2.17. The van der Waals surface area contributed by atoms with Gasteiger partial charge in [-0.2, -0.15) is 8.78 Å². The van der Waals surface area contributed by atoms with Crippen molar-refractivity contribution in [2.45, 2.75) is 39.3 Å². The molecule has 2 N–H and O–H groups in total. The molecule has 0 saturated carbocycles. The fraction of sp³-hybridized carbons (Fsp3) is 0.632. The van der Waals surface area contributed by atoms with Gasteiger partial charge in [0.25, 0.3) is 5.91 Å². The first kappa shape index (κ1) is 23.9. The van der Waals surface area contributed by atoms with Gasteiger partial charge in [-0.3, -0.25) is 14.6 Å². The average Bonchev–Trinajstić information content (AvgIpc) is 2.66. The molecule has 7 nitrogen and oxygen atoms in total. The number of hydrogen-bond acceptors (Lipinski definition) is 5. The van der Waals surface area contributed by atoms with Crippen LogP contribution in [0.3, 0.4) is 0 Å². The summed E-state index contributed by atoms with van der Waals surface area (Å²) in [5, 5.41) is 5.29. The van der Waals surface area contributed by atoms with Gasteiger partial charge in [-0.25, -0.2) is 0 Å². The molecule has 0 bridgehead atoms. The first-order valence-corrected chi connectivity index (χ1v) is 9.42. The van der Waals surface area contributed by atoms with E-state index in [9.17, 15) is 18.4 Å². The van der Waals surface area contributed by atoms with Crippen molar-refractivity contribution in [1.82, 2.24) is 25.4 Å². The predicted octanol–water partition coefficient (Wildman–Crippen LogP) is 1.24. The molecule has 0 aliphatic heterocycles. The smallest absolute Gasteiger partial charge is 0.324 e. The van der Waals surface area contributed by atoms with Crippen molar-refractivity contribution in [3.63, 3.8) is 0 Å². The molecule has 1 heterocycles. The summed E-state index contributed by atoms with van der Waals surface area (Å²) in [5.74, 6) is -4.64. The summed E-state index contributed by atoms with van der Waals surface area (Å²) in [7, 11) is 3.92. The highest BCUT2D eigenvalue weighted by atomic mass is 19.3. The van der Waals surface area contributed by atoms with E-state index in [4.69, 9.17) is 0 Å². The molecule has 1 aromatic heterocycles. The van der Waals surface area contributed by atoms with E-state index in [0.717, 1.165) is 6.54 Å². The summed E-state index contributed by atoms with van der Waals surface area (Å²) >= 11 is 0. The standard InChI is InChI=1S/C19H31F2N5O2/c1-5-19(20,21)18(28)24-12-15-7-8-23-16(11-15)13-22-14-17(27)26(6-2)10-9-25(3)4/h7-8,11,22H,5-6,9-10,12-14H2,1-4H3,(H,24,28). The van der Waals surface area contributed by atoms with Crippen molar-refractivity contribution in [2.75, 3.05) is 40.3 Å². The zero-order valence-corrected chi connectivity index (χ0v) is 17.1. The van der Waals surface area contributed by atoms with Crippen LogP contribution in [-0.2, 0) is 22.7 Å². The number of nitrogens with zero attached hydrogens (tertiary/aromatic N) is 3. The molecular weight excluding hydrogens is 368 g/mol. The maximum atomic E-state index is 13.3. The number of pyridine rings is 1. The Morgan fingerprint density at radius 1 is 1.18 bits per heavy atom. The topological polar surface area (TPSA) is 77.6 Å². The Balaban J connectivity index is 2.48. The summed E-state index contributed by atoms with van der Waals surface area (Å²) in [6, 6.07) is 3.37. The number of halogens is 2. The fourth-order valence-corrected chi connectivity index (χ4v) is 2.40. The van der Waals surface area contributed by atoms with Crippen LogP contribution in [0.15, 0.2) is 18.3 Å². The Morgan fingerprint density at radius 2 is 1.89 bits per heavy atom. The second-order valence-electron chi connectivity index (χ2n) is 6.78. The highest BCUT2D eigenvalue weighted by Gasteiger charge is 2.35. The van der Waals surface area contributed by atoms with E-state index in [2.05, 4.69) is 15.6 Å². The van der Waals surface area contributed by atoms with Gasteiger partial charge in [0.2, 0.25) is 5.91 Å². The van der Waals surface area contributed by atoms with Crippen LogP contribution in [0.2, 0.25) is 0 Å². The molecule has 1 aromatic rings. The summed E-state index contributed by atoms with van der Waals surface area (Å²) < 4.78 is 26.6. The van der Waals surface area contributed by atoms with Crippen molar-refractivity contribution in [1.29, 1.82) is 0 Å². The molecule has 0 aliphatic rings. The van der Waals surface area contributed by atoms with E-state index in [-0.39, 0.29) is 19.0 Å². The monoisotopic (exact) mass is 399 g/mol. The Hall–Kier alpha value is -2.13. The first-order chi connectivity index (χ1) is 13.2. The van der Waals surface area contributed by atoms with Crippen LogP contribution in [0.5, 0.6) is 0 Å². The van der Waals surface area contributed by atoms with Crippen LogP contribution in [-0.4, -0.2) is 72.8 Å². The van der Waals surface area contributed by atoms with E-state index in [0.29, 0.717) is 30.9 Å². The molecule has 0 radical (unpaired) electrons. The average molecular weight is 399 g/mol. The van der Waals surface area contributed by atoms with Crippen molar-refractivity contribution in [3.05, 3.63) is 29.6 Å². The number of amides is 2. The molecule has 1 rings (SSSR count). The van der Waals surface area contributed by atoms with Crippen LogP contribution < -0.4 is 10.6 Å². The number of rotatable bonds is 12. The minimum Gasteiger partial charge on any atom is -0.347 e. The van der Waals surface area contributed by atoms with Gasteiger partial charge in [-0.15, -0.1) is 0 Å². The molecule has 0 atom stereocenters. The number of nitrogens with one attached hydrogen (secondary N) is 2. The summed E-state index contributed by atoms with van der Waals surface area (Å²) in [6.07, 6.45) is 1.01. The van der Waals surface area contributed by atoms with Gasteiger partial charge in [-0.05, 0) is 38.7 Å². The molecule has 158 valence electrons. The third-order valence-electron chi connectivity index (χ3n) is 4.24. The fourth-order valence-electron chi connectivity index (χ4n) is 2.40. The number of likely N-dealkylation sites (N-methyl/N-ethyl adjacent to an activating group) is 2. The zero-order chi connectivity index (χ0) is 21.2. The van der Waals surface area contributed by atoms with Gasteiger partial charge in [0.15, 0.2) is 0 Å². The Morgan fingerprint density at radius 3 is 2.50 bits per heavy atom. The molecule has 0 spiro atoms. The van der Waals surface area contributed by atoms with E-state index >= 15 is 0 Å². The van der Waals surface area contributed by atoms with Crippen molar-refractivity contribution >= 4 is 11.8 Å². The number of hydrogen-bond donors (Lipinski definition) is 2. The van der Waals surface area contributed by atoms with Crippen LogP contribution in [0, 0.1) is 0 Å². The molecule has 9 heteroatoms. The third-order valence-corrected chi connectivity index (χ3v) is 4.24. The van der Waals surface area contributed by atoms with Crippen LogP contribution in [0.25, 0.3) is 0 Å². The minimum atomic E-state index is -3.37. The second-order valence-corrected chi connectivity index (χ2v) is 6.78. The summed E-state index contributed by atoms with van der Waals surface area (Å²) in [5.41, 5.74) is 1.33. The van der Waals surface area contributed by atoms with E-state index < -0.39 is 18.3 Å². The predicted molar refractivity (Wildman–Crippen MR) is 104 cm³/mol. The van der Waals surface area contributed by atoms with Gasteiger partial charge in [0, 0.05) is 45.3 Å². The number of carbonyl (C=O) groups is 2.